The number of amides is 1. The molecule has 134 valence electrons. The predicted molar refractivity (Wildman–Crippen MR) is 101 cm³/mol. The average Bonchev–Trinajstić information content (AvgIpc) is 3.41. The minimum atomic E-state index is -0.198. The van der Waals surface area contributed by atoms with Crippen LogP contribution in [0.3, 0.4) is 0 Å². The van der Waals surface area contributed by atoms with Crippen molar-refractivity contribution in [3.63, 3.8) is 0 Å². The van der Waals surface area contributed by atoms with Gasteiger partial charge in [-0.25, -0.2) is 4.98 Å². The van der Waals surface area contributed by atoms with Crippen LogP contribution in [-0.4, -0.2) is 27.8 Å². The summed E-state index contributed by atoms with van der Waals surface area (Å²) in [7, 11) is 3.40. The number of hydrogen-bond donors (Lipinski definition) is 1. The fourth-order valence-corrected chi connectivity index (χ4v) is 3.43. The molecule has 1 saturated carbocycles. The van der Waals surface area contributed by atoms with Crippen LogP contribution >= 0.6 is 11.6 Å². The maximum absolute atomic E-state index is 13.0. The molecule has 0 saturated heterocycles. The van der Waals surface area contributed by atoms with Gasteiger partial charge in [0, 0.05) is 24.3 Å². The minimum absolute atomic E-state index is 0.198. The summed E-state index contributed by atoms with van der Waals surface area (Å²) < 4.78 is 6.88. The van der Waals surface area contributed by atoms with Gasteiger partial charge in [0.15, 0.2) is 5.65 Å². The number of halogens is 1. The SMILES string of the molecule is COc1ccc(NC(=O)c2cc(C3CC3)nc3c2c(C)nn3C)cc1Cl. The molecule has 0 bridgehead atoms. The van der Waals surface area contributed by atoms with E-state index < -0.39 is 0 Å². The Balaban J connectivity index is 1.75. The number of pyridine rings is 1. The number of aromatic nitrogens is 3. The van der Waals surface area contributed by atoms with Gasteiger partial charge in [0.05, 0.1) is 28.8 Å². The molecule has 1 fully saturated rings. The molecule has 3 aromatic rings. The molecule has 1 aliphatic rings. The van der Waals surface area contributed by atoms with E-state index in [0.717, 1.165) is 35.3 Å². The van der Waals surface area contributed by atoms with E-state index in [0.29, 0.717) is 27.9 Å². The van der Waals surface area contributed by atoms with Crippen LogP contribution in [0.4, 0.5) is 5.69 Å². The lowest BCUT2D eigenvalue weighted by atomic mass is 10.1. The second-order valence-electron chi connectivity index (χ2n) is 6.58. The fraction of sp³-hybridized carbons (Fsp3) is 0.316. The zero-order valence-electron chi connectivity index (χ0n) is 14.8. The summed E-state index contributed by atoms with van der Waals surface area (Å²) in [5.74, 6) is 0.809. The summed E-state index contributed by atoms with van der Waals surface area (Å²) >= 11 is 6.16. The van der Waals surface area contributed by atoms with E-state index in [9.17, 15) is 4.79 Å². The molecule has 1 aliphatic carbocycles. The fourth-order valence-electron chi connectivity index (χ4n) is 3.17. The molecule has 1 N–H and O–H groups in total. The number of anilines is 1. The number of fused-ring (bicyclic) bond motifs is 1. The van der Waals surface area contributed by atoms with Crippen LogP contribution < -0.4 is 10.1 Å². The lowest BCUT2D eigenvalue weighted by Gasteiger charge is -2.10. The monoisotopic (exact) mass is 370 g/mol. The largest absolute Gasteiger partial charge is 0.495 e. The van der Waals surface area contributed by atoms with Crippen LogP contribution in [0, 0.1) is 6.92 Å². The van der Waals surface area contributed by atoms with Crippen molar-refractivity contribution in [2.75, 3.05) is 12.4 Å². The van der Waals surface area contributed by atoms with Crippen molar-refractivity contribution in [1.29, 1.82) is 0 Å². The van der Waals surface area contributed by atoms with Crippen molar-refractivity contribution < 1.29 is 9.53 Å². The summed E-state index contributed by atoms with van der Waals surface area (Å²) in [5, 5.41) is 8.59. The smallest absolute Gasteiger partial charge is 0.256 e. The third kappa shape index (κ3) is 2.90. The first-order valence-electron chi connectivity index (χ1n) is 8.47. The normalized spacial score (nSPS) is 13.8. The third-order valence-electron chi connectivity index (χ3n) is 4.64. The molecule has 2 heterocycles. The van der Waals surface area contributed by atoms with Gasteiger partial charge in [0.25, 0.3) is 5.91 Å². The van der Waals surface area contributed by atoms with Gasteiger partial charge in [0.1, 0.15) is 5.75 Å². The molecule has 26 heavy (non-hydrogen) atoms. The van der Waals surface area contributed by atoms with Crippen LogP contribution in [-0.2, 0) is 7.05 Å². The van der Waals surface area contributed by atoms with E-state index in [2.05, 4.69) is 10.4 Å². The van der Waals surface area contributed by atoms with Crippen LogP contribution in [0.1, 0.15) is 40.5 Å². The van der Waals surface area contributed by atoms with Gasteiger partial charge in [-0.15, -0.1) is 0 Å². The van der Waals surface area contributed by atoms with Crippen LogP contribution in [0.2, 0.25) is 5.02 Å². The molecular formula is C19H19ClN4O2. The highest BCUT2D eigenvalue weighted by molar-refractivity contribution is 6.32. The maximum atomic E-state index is 13.0. The third-order valence-corrected chi connectivity index (χ3v) is 4.93. The number of hydrogen-bond acceptors (Lipinski definition) is 4. The Morgan fingerprint density at radius 3 is 2.77 bits per heavy atom. The van der Waals surface area contributed by atoms with E-state index in [1.54, 1.807) is 30.0 Å². The number of benzene rings is 1. The zero-order chi connectivity index (χ0) is 18.4. The topological polar surface area (TPSA) is 69.0 Å². The predicted octanol–water partition coefficient (Wildman–Crippen LogP) is 4.07. The highest BCUT2D eigenvalue weighted by Crippen LogP contribution is 2.40. The Hall–Kier alpha value is -2.60. The van der Waals surface area contributed by atoms with Crippen LogP contribution in [0.25, 0.3) is 11.0 Å². The van der Waals surface area contributed by atoms with Gasteiger partial charge >= 0.3 is 0 Å². The van der Waals surface area contributed by atoms with Crippen molar-refractivity contribution in [2.24, 2.45) is 7.05 Å². The molecule has 6 nitrogen and oxygen atoms in total. The number of carbonyl (C=O) groups excluding carboxylic acids is 1. The Labute approximate surface area is 156 Å². The number of rotatable bonds is 4. The van der Waals surface area contributed by atoms with Crippen molar-refractivity contribution in [3.8, 4) is 5.75 Å². The quantitative estimate of drug-likeness (QED) is 0.751. The second kappa shape index (κ2) is 6.29. The Bertz CT molecular complexity index is 1020. The highest BCUT2D eigenvalue weighted by atomic mass is 35.5. The first-order valence-corrected chi connectivity index (χ1v) is 8.85. The standard InChI is InChI=1S/C19H19ClN4O2/c1-10-17-13(9-15(11-4-5-11)22-18(17)24(2)23-10)19(25)21-12-6-7-16(26-3)14(20)8-12/h6-9,11H,4-5H2,1-3H3,(H,21,25). The van der Waals surface area contributed by atoms with Gasteiger partial charge in [0.2, 0.25) is 0 Å². The summed E-state index contributed by atoms with van der Waals surface area (Å²) in [6, 6.07) is 7.06. The van der Waals surface area contributed by atoms with E-state index in [1.807, 2.05) is 20.0 Å². The minimum Gasteiger partial charge on any atom is -0.495 e. The molecule has 0 spiro atoms. The lowest BCUT2D eigenvalue weighted by molar-refractivity contribution is 0.102. The molecule has 4 rings (SSSR count). The first-order chi connectivity index (χ1) is 12.5. The first kappa shape index (κ1) is 16.8. The van der Waals surface area contributed by atoms with E-state index in [-0.39, 0.29) is 5.91 Å². The second-order valence-corrected chi connectivity index (χ2v) is 6.99. The Kier molecular flexibility index (Phi) is 4.07. The Morgan fingerprint density at radius 1 is 1.35 bits per heavy atom. The van der Waals surface area contributed by atoms with Gasteiger partial charge in [-0.1, -0.05) is 11.6 Å². The van der Waals surface area contributed by atoms with E-state index in [4.69, 9.17) is 21.3 Å². The van der Waals surface area contributed by atoms with Crippen LogP contribution in [0.15, 0.2) is 24.3 Å². The lowest BCUT2D eigenvalue weighted by Crippen LogP contribution is -2.13. The molecular weight excluding hydrogens is 352 g/mol. The number of aryl methyl sites for hydroxylation is 2. The number of nitrogens with one attached hydrogen (secondary N) is 1. The summed E-state index contributed by atoms with van der Waals surface area (Å²) in [6.07, 6.45) is 2.23. The van der Waals surface area contributed by atoms with Gasteiger partial charge < -0.3 is 10.1 Å². The van der Waals surface area contributed by atoms with Crippen molar-refractivity contribution in [3.05, 3.63) is 46.2 Å². The van der Waals surface area contributed by atoms with Crippen molar-refractivity contribution in [1.82, 2.24) is 14.8 Å². The summed E-state index contributed by atoms with van der Waals surface area (Å²) in [6.45, 7) is 1.89. The molecule has 2 aromatic heterocycles. The highest BCUT2D eigenvalue weighted by Gasteiger charge is 2.28. The molecule has 7 heteroatoms. The molecule has 0 radical (unpaired) electrons. The summed E-state index contributed by atoms with van der Waals surface area (Å²) in [4.78, 5) is 17.7. The maximum Gasteiger partial charge on any atom is 0.256 e. The molecule has 0 unspecified atom stereocenters. The zero-order valence-corrected chi connectivity index (χ0v) is 15.6. The van der Waals surface area contributed by atoms with Crippen LogP contribution in [0.5, 0.6) is 5.75 Å². The van der Waals surface area contributed by atoms with Gasteiger partial charge in [-0.05, 0) is 44.0 Å². The van der Waals surface area contributed by atoms with Gasteiger partial charge in [-0.2, -0.15) is 5.10 Å². The van der Waals surface area contributed by atoms with E-state index >= 15 is 0 Å². The van der Waals surface area contributed by atoms with Gasteiger partial charge in [-0.3, -0.25) is 9.48 Å². The number of methoxy groups -OCH3 is 1. The molecule has 0 aliphatic heterocycles. The number of ether oxygens (including phenoxy) is 1. The number of carbonyl (C=O) groups is 1. The van der Waals surface area contributed by atoms with E-state index in [1.165, 1.54) is 0 Å². The summed E-state index contributed by atoms with van der Waals surface area (Å²) in [5.41, 5.74) is 3.69. The number of nitrogens with zero attached hydrogens (tertiary/aromatic N) is 3. The van der Waals surface area contributed by atoms with Crippen molar-refractivity contribution in [2.45, 2.75) is 25.7 Å². The molecule has 1 aromatic carbocycles. The Morgan fingerprint density at radius 2 is 2.12 bits per heavy atom. The van der Waals surface area contributed by atoms with Crippen molar-refractivity contribution >= 4 is 34.2 Å². The molecule has 1 amide bonds. The average molecular weight is 371 g/mol. The molecule has 0 atom stereocenters.